The second kappa shape index (κ2) is 13.4. The molecule has 0 saturated heterocycles. The second-order valence-electron chi connectivity index (χ2n) is 7.04. The summed E-state index contributed by atoms with van der Waals surface area (Å²) in [5.74, 6) is 0.817. The molecule has 0 aliphatic carbocycles. The third-order valence-electron chi connectivity index (χ3n) is 4.69. The number of halogens is 2. The lowest BCUT2D eigenvalue weighted by Crippen LogP contribution is -2.17. The summed E-state index contributed by atoms with van der Waals surface area (Å²) in [6.45, 7) is 0.316. The van der Waals surface area contributed by atoms with Crippen LogP contribution in [0.4, 0.5) is 8.78 Å². The summed E-state index contributed by atoms with van der Waals surface area (Å²) < 4.78 is 35.3. The van der Waals surface area contributed by atoms with Gasteiger partial charge >= 0.3 is 5.97 Å². The maximum Gasteiger partial charge on any atom is 0.306 e. The van der Waals surface area contributed by atoms with Crippen molar-refractivity contribution < 1.29 is 28.2 Å². The van der Waals surface area contributed by atoms with Gasteiger partial charge in [0.15, 0.2) is 0 Å². The minimum atomic E-state index is -1.64. The number of para-hydroxylation sites is 1. The van der Waals surface area contributed by atoms with Crippen LogP contribution in [0, 0.1) is 5.92 Å². The van der Waals surface area contributed by atoms with Gasteiger partial charge in [-0.25, -0.2) is 0 Å². The number of hydrogen-bond acceptors (Lipinski definition) is 3. The molecule has 2 aromatic carbocycles. The molecule has 1 atom stereocenters. The Hall–Kier alpha value is -2.89. The molecule has 2 aromatic rings. The third-order valence-corrected chi connectivity index (χ3v) is 4.69. The Morgan fingerprint density at radius 2 is 1.50 bits per heavy atom. The molecular weight excluding hydrogens is 390 g/mol. The predicted octanol–water partition coefficient (Wildman–Crippen LogP) is 7.07. The van der Waals surface area contributed by atoms with E-state index in [1.807, 2.05) is 30.3 Å². The molecule has 0 radical (unpaired) electrons. The fourth-order valence-electron chi connectivity index (χ4n) is 3.04. The van der Waals surface area contributed by atoms with Gasteiger partial charge in [-0.2, -0.15) is 8.78 Å². The highest BCUT2D eigenvalue weighted by molar-refractivity contribution is 5.69. The van der Waals surface area contributed by atoms with E-state index >= 15 is 0 Å². The van der Waals surface area contributed by atoms with Gasteiger partial charge in [-0.05, 0) is 68.2 Å². The first kappa shape index (κ1) is 23.4. The first-order valence-corrected chi connectivity index (χ1v) is 10.2. The predicted molar refractivity (Wildman–Crippen MR) is 112 cm³/mol. The average Bonchev–Trinajstić information content (AvgIpc) is 2.73. The van der Waals surface area contributed by atoms with Crippen LogP contribution in [0.15, 0.2) is 66.8 Å². The van der Waals surface area contributed by atoms with Crippen LogP contribution in [-0.2, 0) is 4.79 Å². The van der Waals surface area contributed by atoms with Gasteiger partial charge in [0.25, 0.3) is 6.08 Å². The Morgan fingerprint density at radius 1 is 0.867 bits per heavy atom. The van der Waals surface area contributed by atoms with E-state index in [4.69, 9.17) is 9.47 Å². The Kier molecular flexibility index (Phi) is 10.4. The largest absolute Gasteiger partial charge is 0.494 e. The third kappa shape index (κ3) is 9.54. The van der Waals surface area contributed by atoms with Crippen LogP contribution >= 0.6 is 0 Å². The normalized spacial score (nSPS) is 11.5. The number of ether oxygens (including phenoxy) is 2. The standard InChI is InChI=1S/C24H28F2O4/c25-23(26)12-8-3-1-2-5-9-19(24(27)28)17-18-29-20-13-15-22(16-14-20)30-21-10-6-4-7-11-21/h4,6-7,10-16,19H,1-3,5,8-9,17-18H2,(H,27,28). The smallest absolute Gasteiger partial charge is 0.306 e. The zero-order valence-corrected chi connectivity index (χ0v) is 16.9. The molecule has 162 valence electrons. The van der Waals surface area contributed by atoms with E-state index in [-0.39, 0.29) is 0 Å². The minimum absolute atomic E-state index is 0.316. The fraction of sp³-hybridized carbons (Fsp3) is 0.375. The molecule has 0 spiro atoms. The van der Waals surface area contributed by atoms with E-state index in [1.165, 1.54) is 0 Å². The van der Waals surface area contributed by atoms with E-state index in [2.05, 4.69) is 0 Å². The number of carboxylic acids is 1. The summed E-state index contributed by atoms with van der Waals surface area (Å²) in [6.07, 6.45) is 3.78. The average molecular weight is 418 g/mol. The fourth-order valence-corrected chi connectivity index (χ4v) is 3.04. The molecule has 2 rings (SSSR count). The van der Waals surface area contributed by atoms with E-state index in [0.29, 0.717) is 43.8 Å². The SMILES string of the molecule is O=C(O)C(CCCCCCC=C(F)F)CCOc1ccc(Oc2ccccc2)cc1. The summed E-state index contributed by atoms with van der Waals surface area (Å²) in [5.41, 5.74) is 0. The monoisotopic (exact) mass is 418 g/mol. The van der Waals surface area contributed by atoms with E-state index in [0.717, 1.165) is 31.1 Å². The van der Waals surface area contributed by atoms with Crippen LogP contribution in [-0.4, -0.2) is 17.7 Å². The lowest BCUT2D eigenvalue weighted by Gasteiger charge is -2.13. The van der Waals surface area contributed by atoms with E-state index in [9.17, 15) is 18.7 Å². The van der Waals surface area contributed by atoms with Crippen LogP contribution in [0.25, 0.3) is 0 Å². The van der Waals surface area contributed by atoms with E-state index in [1.54, 1.807) is 24.3 Å². The summed E-state index contributed by atoms with van der Waals surface area (Å²) in [5, 5.41) is 9.39. The van der Waals surface area contributed by atoms with Gasteiger partial charge in [0.2, 0.25) is 0 Å². The van der Waals surface area contributed by atoms with Crippen molar-refractivity contribution in [3.8, 4) is 17.2 Å². The van der Waals surface area contributed by atoms with Crippen LogP contribution < -0.4 is 9.47 Å². The van der Waals surface area contributed by atoms with Gasteiger partial charge in [0.05, 0.1) is 12.5 Å². The van der Waals surface area contributed by atoms with Gasteiger partial charge in [-0.1, -0.05) is 37.5 Å². The number of allylic oxidation sites excluding steroid dienone is 1. The summed E-state index contributed by atoms with van der Waals surface area (Å²) in [7, 11) is 0. The molecule has 0 heterocycles. The van der Waals surface area contributed by atoms with Crippen molar-refractivity contribution in [3.63, 3.8) is 0 Å². The molecule has 6 heteroatoms. The first-order valence-electron chi connectivity index (χ1n) is 10.2. The highest BCUT2D eigenvalue weighted by Crippen LogP contribution is 2.24. The van der Waals surface area contributed by atoms with Gasteiger partial charge in [0.1, 0.15) is 17.2 Å². The number of unbranched alkanes of at least 4 members (excludes halogenated alkanes) is 4. The van der Waals surface area contributed by atoms with Crippen molar-refractivity contribution in [2.45, 2.75) is 44.9 Å². The lowest BCUT2D eigenvalue weighted by molar-refractivity contribution is -0.142. The maximum atomic E-state index is 11.9. The van der Waals surface area contributed by atoms with E-state index < -0.39 is 18.0 Å². The maximum absolute atomic E-state index is 11.9. The number of aliphatic carboxylic acids is 1. The molecule has 0 amide bonds. The van der Waals surface area contributed by atoms with Gasteiger partial charge in [-0.3, -0.25) is 4.79 Å². The molecule has 0 bridgehead atoms. The number of carboxylic acid groups (broad SMARTS) is 1. The Labute approximate surface area is 176 Å². The van der Waals surface area contributed by atoms with Crippen LogP contribution in [0.5, 0.6) is 17.2 Å². The van der Waals surface area contributed by atoms with Gasteiger partial charge < -0.3 is 14.6 Å². The zero-order chi connectivity index (χ0) is 21.6. The second-order valence-corrected chi connectivity index (χ2v) is 7.04. The molecule has 4 nitrogen and oxygen atoms in total. The van der Waals surface area contributed by atoms with Crippen molar-refractivity contribution in [2.24, 2.45) is 5.92 Å². The molecular formula is C24H28F2O4. The molecule has 1 unspecified atom stereocenters. The summed E-state index contributed by atoms with van der Waals surface area (Å²) >= 11 is 0. The van der Waals surface area contributed by atoms with Crippen molar-refractivity contribution in [1.82, 2.24) is 0 Å². The van der Waals surface area contributed by atoms with Crippen molar-refractivity contribution in [1.29, 1.82) is 0 Å². The first-order chi connectivity index (χ1) is 14.5. The van der Waals surface area contributed by atoms with Crippen molar-refractivity contribution in [3.05, 3.63) is 66.8 Å². The highest BCUT2D eigenvalue weighted by Gasteiger charge is 2.17. The Balaban J connectivity index is 1.66. The minimum Gasteiger partial charge on any atom is -0.494 e. The molecule has 0 aromatic heterocycles. The van der Waals surface area contributed by atoms with Crippen LogP contribution in [0.3, 0.4) is 0 Å². The topological polar surface area (TPSA) is 55.8 Å². The summed E-state index contributed by atoms with van der Waals surface area (Å²) in [6, 6.07) is 16.7. The van der Waals surface area contributed by atoms with Crippen LogP contribution in [0.1, 0.15) is 44.9 Å². The van der Waals surface area contributed by atoms with Crippen molar-refractivity contribution >= 4 is 5.97 Å². The molecule has 0 saturated carbocycles. The van der Waals surface area contributed by atoms with Gasteiger partial charge in [0, 0.05) is 0 Å². The summed E-state index contributed by atoms with van der Waals surface area (Å²) in [4.78, 5) is 11.4. The highest BCUT2D eigenvalue weighted by atomic mass is 19.3. The van der Waals surface area contributed by atoms with Crippen LogP contribution in [0.2, 0.25) is 0 Å². The molecule has 0 aliphatic heterocycles. The molecule has 30 heavy (non-hydrogen) atoms. The Morgan fingerprint density at radius 3 is 2.17 bits per heavy atom. The molecule has 0 fully saturated rings. The number of carbonyl (C=O) groups is 1. The Bertz CT molecular complexity index is 772. The molecule has 0 aliphatic rings. The van der Waals surface area contributed by atoms with Gasteiger partial charge in [-0.15, -0.1) is 0 Å². The number of hydrogen-bond donors (Lipinski definition) is 1. The quantitative estimate of drug-likeness (QED) is 0.333. The number of rotatable bonds is 14. The number of benzene rings is 2. The lowest BCUT2D eigenvalue weighted by atomic mass is 9.97. The zero-order valence-electron chi connectivity index (χ0n) is 16.9. The van der Waals surface area contributed by atoms with Crippen molar-refractivity contribution in [2.75, 3.05) is 6.61 Å². The molecule has 1 N–H and O–H groups in total.